The van der Waals surface area contributed by atoms with Gasteiger partial charge in [0.1, 0.15) is 11.4 Å². The second-order valence-corrected chi connectivity index (χ2v) is 1.70. The molecule has 0 spiro atoms. The first kappa shape index (κ1) is 3.87. The van der Waals surface area contributed by atoms with Gasteiger partial charge in [0, 0.05) is 0 Å². The summed E-state index contributed by atoms with van der Waals surface area (Å²) in [5.41, 5.74) is 2.59. The number of amidine groups is 1. The molecule has 0 amide bonds. The maximum Gasteiger partial charge on any atom is 0.132 e. The van der Waals surface area contributed by atoms with Crippen molar-refractivity contribution in [3.05, 3.63) is 0 Å². The van der Waals surface area contributed by atoms with Gasteiger partial charge in [0.05, 0.1) is 5.75 Å². The molecule has 3 heteroatoms. The Labute approximate surface area is 40.2 Å². The van der Waals surface area contributed by atoms with Crippen LogP contribution in [0.5, 0.6) is 0 Å². The van der Waals surface area contributed by atoms with Gasteiger partial charge in [-0.2, -0.15) is 0 Å². The van der Waals surface area contributed by atoms with Crippen LogP contribution in [0.1, 0.15) is 0 Å². The van der Waals surface area contributed by atoms with Crippen LogP contribution >= 0.6 is 11.8 Å². The van der Waals surface area contributed by atoms with Crippen LogP contribution < -0.4 is 0 Å². The molecule has 0 atom stereocenters. The molecule has 6 heavy (non-hydrogen) atoms. The van der Waals surface area contributed by atoms with Gasteiger partial charge >= 0.3 is 0 Å². The van der Waals surface area contributed by atoms with Gasteiger partial charge in [-0.1, -0.05) is 11.8 Å². The minimum absolute atomic E-state index is 0.431. The van der Waals surface area contributed by atoms with Gasteiger partial charge in [-0.25, -0.2) is 4.99 Å². The molecule has 1 radical (unpaired) electrons. The first-order valence-electron chi connectivity index (χ1n) is 1.54. The van der Waals surface area contributed by atoms with E-state index in [4.69, 9.17) is 5.41 Å². The molecule has 1 heterocycles. The molecule has 2 nitrogen and oxygen atoms in total. The van der Waals surface area contributed by atoms with Gasteiger partial charge in [-0.15, -0.1) is 0 Å². The van der Waals surface area contributed by atoms with E-state index < -0.39 is 0 Å². The van der Waals surface area contributed by atoms with Crippen LogP contribution in [0, 0.1) is 5.41 Å². The van der Waals surface area contributed by atoms with Crippen LogP contribution in [0.2, 0.25) is 0 Å². The molecule has 0 bridgehead atoms. The third-order valence-electron chi connectivity index (χ3n) is 0.454. The predicted octanol–water partition coefficient (Wildman–Crippen LogP) is 0.616. The molecule has 0 aromatic heterocycles. The Morgan fingerprint density at radius 3 is 3.00 bits per heavy atom. The van der Waals surface area contributed by atoms with Crippen molar-refractivity contribution in [2.24, 2.45) is 4.99 Å². The molecule has 1 aliphatic rings. The molecular formula is C3H3N2S. The fraction of sp³-hybridized carbons (Fsp3) is 0.333. The fourth-order valence-electron chi connectivity index (χ4n) is 0.220. The topological polar surface area (TPSA) is 36.2 Å². The Kier molecular flexibility index (Phi) is 0.919. The SMILES string of the molecule is N=C1CS[C]=N1. The zero-order valence-electron chi connectivity index (χ0n) is 3.06. The van der Waals surface area contributed by atoms with Crippen LogP contribution in [-0.4, -0.2) is 17.1 Å². The zero-order valence-corrected chi connectivity index (χ0v) is 3.88. The van der Waals surface area contributed by atoms with E-state index in [0.29, 0.717) is 11.6 Å². The minimum atomic E-state index is 0.431. The van der Waals surface area contributed by atoms with E-state index in [2.05, 4.69) is 10.5 Å². The first-order chi connectivity index (χ1) is 2.89. The van der Waals surface area contributed by atoms with Crippen molar-refractivity contribution in [1.82, 2.24) is 0 Å². The second-order valence-electron chi connectivity index (χ2n) is 0.938. The van der Waals surface area contributed by atoms with Crippen LogP contribution in [0.4, 0.5) is 0 Å². The average Bonchev–Trinajstić information content (AvgIpc) is 1.86. The summed E-state index contributed by atoms with van der Waals surface area (Å²) in [4.78, 5) is 3.53. The van der Waals surface area contributed by atoms with Crippen molar-refractivity contribution < 1.29 is 0 Å². The van der Waals surface area contributed by atoms with Gasteiger partial charge in [0.2, 0.25) is 0 Å². The third kappa shape index (κ3) is 0.597. The molecule has 0 unspecified atom stereocenters. The van der Waals surface area contributed by atoms with E-state index in [9.17, 15) is 0 Å². The molecule has 0 fully saturated rings. The van der Waals surface area contributed by atoms with Gasteiger partial charge in [-0.3, -0.25) is 5.41 Å². The summed E-state index contributed by atoms with van der Waals surface area (Å²) < 4.78 is 0. The fourth-order valence-corrected chi connectivity index (χ4v) is 0.661. The highest BCUT2D eigenvalue weighted by molar-refractivity contribution is 8.13. The number of thioether (sulfide) groups is 1. The predicted molar refractivity (Wildman–Crippen MR) is 27.6 cm³/mol. The minimum Gasteiger partial charge on any atom is -0.286 e. The van der Waals surface area contributed by atoms with Crippen LogP contribution in [0.15, 0.2) is 4.99 Å². The number of hydrogen-bond donors (Lipinski definition) is 1. The van der Waals surface area contributed by atoms with Gasteiger partial charge in [0.25, 0.3) is 0 Å². The van der Waals surface area contributed by atoms with E-state index in [0.717, 1.165) is 0 Å². The van der Waals surface area contributed by atoms with Crippen molar-refractivity contribution in [2.45, 2.75) is 0 Å². The summed E-state index contributed by atoms with van der Waals surface area (Å²) in [6.07, 6.45) is 0. The largest absolute Gasteiger partial charge is 0.286 e. The van der Waals surface area contributed by atoms with Gasteiger partial charge in [-0.05, 0) is 0 Å². The Morgan fingerprint density at radius 1 is 2.00 bits per heavy atom. The summed E-state index contributed by atoms with van der Waals surface area (Å²) in [6, 6.07) is 0. The van der Waals surface area contributed by atoms with Crippen molar-refractivity contribution in [3.8, 4) is 0 Å². The molecule has 1 rings (SSSR count). The molecule has 31 valence electrons. The lowest BCUT2D eigenvalue weighted by molar-refractivity contribution is 1.44. The molecule has 0 aromatic rings. The normalized spacial score (nSPS) is 19.7. The van der Waals surface area contributed by atoms with Crippen molar-refractivity contribution in [2.75, 3.05) is 5.75 Å². The maximum absolute atomic E-state index is 6.80. The van der Waals surface area contributed by atoms with Crippen LogP contribution in [0.25, 0.3) is 0 Å². The summed E-state index contributed by atoms with van der Waals surface area (Å²) in [6.45, 7) is 0. The van der Waals surface area contributed by atoms with Crippen LogP contribution in [0.3, 0.4) is 0 Å². The summed E-state index contributed by atoms with van der Waals surface area (Å²) in [5, 5.41) is 6.80. The first-order valence-corrected chi connectivity index (χ1v) is 2.53. The summed E-state index contributed by atoms with van der Waals surface area (Å²) >= 11 is 1.44. The van der Waals surface area contributed by atoms with E-state index >= 15 is 0 Å². The van der Waals surface area contributed by atoms with Gasteiger partial charge in [0.15, 0.2) is 0 Å². The highest BCUT2D eigenvalue weighted by atomic mass is 32.2. The Hall–Kier alpha value is -0.310. The smallest absolute Gasteiger partial charge is 0.132 e. The molecule has 1 N–H and O–H groups in total. The lowest BCUT2D eigenvalue weighted by Crippen LogP contribution is -1.84. The quantitative estimate of drug-likeness (QED) is 0.474. The van der Waals surface area contributed by atoms with Crippen molar-refractivity contribution in [1.29, 1.82) is 5.41 Å². The van der Waals surface area contributed by atoms with E-state index in [1.54, 1.807) is 0 Å². The number of aliphatic imine (C=N–C) groups is 1. The Morgan fingerprint density at radius 2 is 2.83 bits per heavy atom. The molecule has 0 aliphatic carbocycles. The van der Waals surface area contributed by atoms with Gasteiger partial charge < -0.3 is 0 Å². The number of rotatable bonds is 0. The van der Waals surface area contributed by atoms with Crippen molar-refractivity contribution >= 4 is 23.1 Å². The van der Waals surface area contributed by atoms with Crippen LogP contribution in [-0.2, 0) is 0 Å². The molecule has 0 aromatic carbocycles. The number of nitrogens with one attached hydrogen (secondary N) is 1. The zero-order chi connectivity index (χ0) is 4.41. The highest BCUT2D eigenvalue weighted by Crippen LogP contribution is 2.02. The van der Waals surface area contributed by atoms with E-state index in [1.165, 1.54) is 11.8 Å². The molecule has 0 saturated carbocycles. The van der Waals surface area contributed by atoms with E-state index in [-0.39, 0.29) is 0 Å². The summed E-state index contributed by atoms with van der Waals surface area (Å²) in [7, 11) is 0. The second kappa shape index (κ2) is 1.43. The average molecular weight is 99.1 g/mol. The lowest BCUT2D eigenvalue weighted by atomic mass is 10.7. The lowest BCUT2D eigenvalue weighted by Gasteiger charge is -1.73. The van der Waals surface area contributed by atoms with E-state index in [1.807, 2.05) is 0 Å². The Balaban J connectivity index is 2.59. The molecule has 0 saturated heterocycles. The third-order valence-corrected chi connectivity index (χ3v) is 1.09. The summed E-state index contributed by atoms with van der Waals surface area (Å²) in [5.74, 6) is 1.14. The maximum atomic E-state index is 6.80. The number of hydrogen-bond acceptors (Lipinski definition) is 2. The number of nitrogens with zero attached hydrogens (tertiary/aromatic N) is 1. The standard InChI is InChI=1S/C3H3N2S/c4-3-1-6-2-5-3/h4H,1H2. The molecule has 1 aliphatic heterocycles. The van der Waals surface area contributed by atoms with Crippen molar-refractivity contribution in [3.63, 3.8) is 0 Å². The molecular weight excluding hydrogens is 96.1 g/mol. The Bertz CT molecular complexity index is 97.0. The monoisotopic (exact) mass is 99.0 g/mol. The highest BCUT2D eigenvalue weighted by Gasteiger charge is 1.97.